The van der Waals surface area contributed by atoms with Crippen LogP contribution in [0.15, 0.2) is 12.1 Å². The first-order valence-corrected chi connectivity index (χ1v) is 6.12. The Morgan fingerprint density at radius 2 is 1.58 bits per heavy atom. The van der Waals surface area contributed by atoms with E-state index in [-0.39, 0.29) is 5.56 Å². The Labute approximate surface area is 111 Å². The van der Waals surface area contributed by atoms with E-state index in [0.29, 0.717) is 0 Å². The largest absolute Gasteiger partial charge is 0.545 e. The van der Waals surface area contributed by atoms with E-state index in [0.717, 1.165) is 10.7 Å². The van der Waals surface area contributed by atoms with Gasteiger partial charge in [-0.15, -0.1) is 0 Å². The minimum absolute atomic E-state index is 0.240. The first-order chi connectivity index (χ1) is 5.52. The molecule has 0 aromatic heterocycles. The number of carbonyl (C=O) groups excluding carboxylic acids is 1. The highest BCUT2D eigenvalue weighted by Gasteiger charge is 2.04. The summed E-state index contributed by atoms with van der Waals surface area (Å²) < 4.78 is 2.97. The van der Waals surface area contributed by atoms with E-state index in [1.54, 1.807) is 12.1 Å². The van der Waals surface area contributed by atoms with Crippen molar-refractivity contribution in [3.63, 3.8) is 0 Å². The number of carboxylic acid groups (broad SMARTS) is 1. The maximum absolute atomic E-state index is 10.5. The number of hydrogen-bond donors (Lipinski definition) is 0. The van der Waals surface area contributed by atoms with Gasteiger partial charge in [0.25, 0.3) is 0 Å². The van der Waals surface area contributed by atoms with Crippen LogP contribution in [0.5, 0.6) is 0 Å². The summed E-state index contributed by atoms with van der Waals surface area (Å²) in [5, 5.41) is 10.5. The van der Waals surface area contributed by atoms with Gasteiger partial charge in [0.15, 0.2) is 0 Å². The lowest BCUT2D eigenvalue weighted by Gasteiger charge is -2.06. The van der Waals surface area contributed by atoms with Crippen molar-refractivity contribution in [1.82, 2.24) is 0 Å². The lowest BCUT2D eigenvalue weighted by Crippen LogP contribution is -2.22. The van der Waals surface area contributed by atoms with E-state index >= 15 is 0 Å². The molecule has 64 valence electrons. The van der Waals surface area contributed by atoms with Crippen molar-refractivity contribution < 1.29 is 9.90 Å². The SMILES string of the molecule is O=C([O-])c1cc(I)c(I)c(I)c1. The summed E-state index contributed by atoms with van der Waals surface area (Å²) in [6.45, 7) is 0. The van der Waals surface area contributed by atoms with Crippen molar-refractivity contribution in [1.29, 1.82) is 0 Å². The average molecular weight is 499 g/mol. The topological polar surface area (TPSA) is 40.1 Å². The molecule has 0 aliphatic rings. The molecule has 0 atom stereocenters. The summed E-state index contributed by atoms with van der Waals surface area (Å²) in [5.41, 5.74) is 0.240. The second-order valence-corrected chi connectivity index (χ2v) is 5.44. The van der Waals surface area contributed by atoms with Gasteiger partial charge in [0, 0.05) is 10.7 Å². The lowest BCUT2D eigenvalue weighted by molar-refractivity contribution is -0.255. The Morgan fingerprint density at radius 3 is 1.92 bits per heavy atom. The van der Waals surface area contributed by atoms with Crippen LogP contribution in [0.2, 0.25) is 0 Å². The van der Waals surface area contributed by atoms with E-state index in [9.17, 15) is 9.90 Å². The van der Waals surface area contributed by atoms with Crippen LogP contribution in [0.25, 0.3) is 0 Å². The molecular formula is C7H2I3O2-. The molecule has 0 spiro atoms. The zero-order valence-electron chi connectivity index (χ0n) is 5.61. The van der Waals surface area contributed by atoms with Gasteiger partial charge in [-0.05, 0) is 85.5 Å². The predicted octanol–water partition coefficient (Wildman–Crippen LogP) is 1.86. The maximum Gasteiger partial charge on any atom is 0.0716 e. The van der Waals surface area contributed by atoms with Crippen molar-refractivity contribution in [2.75, 3.05) is 0 Å². The molecule has 12 heavy (non-hydrogen) atoms. The van der Waals surface area contributed by atoms with Gasteiger partial charge in [-0.2, -0.15) is 0 Å². The van der Waals surface area contributed by atoms with Gasteiger partial charge < -0.3 is 9.90 Å². The maximum atomic E-state index is 10.5. The van der Waals surface area contributed by atoms with Gasteiger partial charge in [-0.3, -0.25) is 0 Å². The van der Waals surface area contributed by atoms with Crippen LogP contribution in [0.4, 0.5) is 0 Å². The van der Waals surface area contributed by atoms with Crippen LogP contribution in [-0.2, 0) is 0 Å². The number of rotatable bonds is 1. The minimum atomic E-state index is -1.12. The Hall–Kier alpha value is 0.880. The summed E-state index contributed by atoms with van der Waals surface area (Å²) in [4.78, 5) is 10.5. The molecule has 5 heteroatoms. The summed E-state index contributed by atoms with van der Waals surface area (Å²) in [5.74, 6) is -1.12. The normalized spacial score (nSPS) is 9.92. The molecule has 0 N–H and O–H groups in total. The van der Waals surface area contributed by atoms with Gasteiger partial charge in [0.05, 0.1) is 5.97 Å². The van der Waals surface area contributed by atoms with Crippen molar-refractivity contribution in [2.24, 2.45) is 0 Å². The molecule has 1 aromatic carbocycles. The van der Waals surface area contributed by atoms with E-state index in [1.807, 2.05) is 0 Å². The van der Waals surface area contributed by atoms with Crippen molar-refractivity contribution in [2.45, 2.75) is 0 Å². The van der Waals surface area contributed by atoms with E-state index in [1.165, 1.54) is 0 Å². The van der Waals surface area contributed by atoms with Crippen LogP contribution in [0.3, 0.4) is 0 Å². The first kappa shape index (κ1) is 11.0. The van der Waals surface area contributed by atoms with E-state index in [4.69, 9.17) is 0 Å². The highest BCUT2D eigenvalue weighted by atomic mass is 127. The summed E-state index contributed by atoms with van der Waals surface area (Å²) in [7, 11) is 0. The molecule has 1 rings (SSSR count). The van der Waals surface area contributed by atoms with Crippen LogP contribution >= 0.6 is 67.8 Å². The van der Waals surface area contributed by atoms with E-state index < -0.39 is 5.97 Å². The Morgan fingerprint density at radius 1 is 1.17 bits per heavy atom. The number of halogens is 3. The highest BCUT2D eigenvalue weighted by Crippen LogP contribution is 2.22. The van der Waals surface area contributed by atoms with E-state index in [2.05, 4.69) is 67.8 Å². The van der Waals surface area contributed by atoms with Crippen molar-refractivity contribution in [3.05, 3.63) is 28.4 Å². The third-order valence-electron chi connectivity index (χ3n) is 1.22. The van der Waals surface area contributed by atoms with Crippen molar-refractivity contribution >= 4 is 73.7 Å². The second kappa shape index (κ2) is 4.40. The number of aromatic carboxylic acids is 1. The zero-order valence-corrected chi connectivity index (χ0v) is 12.1. The third kappa shape index (κ3) is 2.44. The number of carboxylic acids is 1. The number of hydrogen-bond acceptors (Lipinski definition) is 2. The van der Waals surface area contributed by atoms with Crippen molar-refractivity contribution in [3.8, 4) is 0 Å². The molecule has 0 aliphatic carbocycles. The predicted molar refractivity (Wildman–Crippen MR) is 68.9 cm³/mol. The molecule has 0 saturated heterocycles. The number of carbonyl (C=O) groups is 1. The lowest BCUT2D eigenvalue weighted by atomic mass is 10.2. The highest BCUT2D eigenvalue weighted by molar-refractivity contribution is 14.1. The molecule has 0 aliphatic heterocycles. The molecule has 0 radical (unpaired) electrons. The molecule has 0 fully saturated rings. The van der Waals surface area contributed by atoms with Crippen LogP contribution in [0, 0.1) is 10.7 Å². The van der Waals surface area contributed by atoms with Gasteiger partial charge >= 0.3 is 0 Å². The smallest absolute Gasteiger partial charge is 0.0716 e. The zero-order chi connectivity index (χ0) is 9.30. The quantitative estimate of drug-likeness (QED) is 0.438. The molecule has 0 amide bonds. The summed E-state index contributed by atoms with van der Waals surface area (Å²) in [6, 6.07) is 3.22. The van der Waals surface area contributed by atoms with Gasteiger partial charge in [-0.25, -0.2) is 0 Å². The first-order valence-electron chi connectivity index (χ1n) is 2.88. The monoisotopic (exact) mass is 499 g/mol. The summed E-state index contributed by atoms with van der Waals surface area (Å²) >= 11 is 6.39. The number of benzene rings is 1. The molecule has 1 aromatic rings. The second-order valence-electron chi connectivity index (χ2n) is 2.04. The van der Waals surface area contributed by atoms with Crippen LogP contribution in [0.1, 0.15) is 10.4 Å². The Kier molecular flexibility index (Phi) is 4.02. The van der Waals surface area contributed by atoms with Gasteiger partial charge in [0.1, 0.15) is 0 Å². The fraction of sp³-hybridized carbons (Fsp3) is 0. The molecule has 0 heterocycles. The standard InChI is InChI=1S/C7H3I3O2/c8-4-1-3(7(11)12)2-5(9)6(4)10/h1-2H,(H,11,12)/p-1. The average Bonchev–Trinajstić information content (AvgIpc) is 1.99. The molecule has 0 unspecified atom stereocenters. The molecule has 0 bridgehead atoms. The molecule has 0 saturated carbocycles. The van der Waals surface area contributed by atoms with Gasteiger partial charge in [0.2, 0.25) is 0 Å². The third-order valence-corrected chi connectivity index (χ3v) is 6.15. The molecular weight excluding hydrogens is 497 g/mol. The van der Waals surface area contributed by atoms with Crippen LogP contribution in [-0.4, -0.2) is 5.97 Å². The fourth-order valence-corrected chi connectivity index (χ4v) is 2.75. The van der Waals surface area contributed by atoms with Crippen LogP contribution < -0.4 is 5.11 Å². The van der Waals surface area contributed by atoms with Gasteiger partial charge in [-0.1, -0.05) is 0 Å². The molecule has 2 nitrogen and oxygen atoms in total. The Balaban J connectivity index is 3.31. The fourth-order valence-electron chi connectivity index (χ4n) is 0.673. The summed E-state index contributed by atoms with van der Waals surface area (Å²) in [6.07, 6.45) is 0. The minimum Gasteiger partial charge on any atom is -0.545 e. The Bertz CT molecular complexity index is 312.